The first kappa shape index (κ1) is 19.8. The molecule has 0 saturated carbocycles. The topological polar surface area (TPSA) is 39.6 Å². The number of nitrogens with zero attached hydrogens (tertiary/aromatic N) is 3. The molecule has 156 valence electrons. The zero-order valence-electron chi connectivity index (χ0n) is 17.1. The van der Waals surface area contributed by atoms with Gasteiger partial charge in [-0.05, 0) is 49.1 Å². The maximum Gasteiger partial charge on any atom is 0.0710 e. The molecule has 5 rings (SSSR count). The summed E-state index contributed by atoms with van der Waals surface area (Å²) in [5.41, 5.74) is 3.47. The Balaban J connectivity index is 1.23. The molecule has 2 atom stereocenters. The summed E-state index contributed by atoms with van der Waals surface area (Å²) in [5, 5.41) is 12.8. The molecule has 0 unspecified atom stereocenters. The Labute approximate surface area is 183 Å². The molecule has 2 saturated heterocycles. The number of hydrogen-bond acceptors (Lipinski definition) is 4. The molecular formula is C25H28ClN3O. The third-order valence-electron chi connectivity index (χ3n) is 6.83. The van der Waals surface area contributed by atoms with Crippen LogP contribution in [0.1, 0.15) is 18.4 Å². The van der Waals surface area contributed by atoms with Crippen molar-refractivity contribution in [2.24, 2.45) is 5.92 Å². The number of pyridine rings is 1. The van der Waals surface area contributed by atoms with E-state index < -0.39 is 0 Å². The summed E-state index contributed by atoms with van der Waals surface area (Å²) in [5.74, 6) is 0.275. The van der Waals surface area contributed by atoms with Crippen molar-refractivity contribution >= 4 is 28.2 Å². The average Bonchev–Trinajstić information content (AvgIpc) is 3.15. The molecule has 0 amide bonds. The fraction of sp³-hybridized carbons (Fsp3) is 0.400. The van der Waals surface area contributed by atoms with Crippen LogP contribution in [0.2, 0.25) is 5.02 Å². The summed E-state index contributed by atoms with van der Waals surface area (Å²) in [6.45, 7) is 3.78. The van der Waals surface area contributed by atoms with Crippen LogP contribution in [0.25, 0.3) is 10.9 Å². The predicted molar refractivity (Wildman–Crippen MR) is 123 cm³/mol. The molecule has 2 aromatic carbocycles. The summed E-state index contributed by atoms with van der Waals surface area (Å²) < 4.78 is 0. The summed E-state index contributed by atoms with van der Waals surface area (Å²) in [4.78, 5) is 9.39. The highest BCUT2D eigenvalue weighted by Crippen LogP contribution is 2.32. The molecule has 4 nitrogen and oxygen atoms in total. The lowest BCUT2D eigenvalue weighted by Gasteiger charge is -2.38. The molecule has 0 radical (unpaired) electrons. The molecule has 2 aliphatic heterocycles. The summed E-state index contributed by atoms with van der Waals surface area (Å²) in [6, 6.07) is 19.1. The van der Waals surface area contributed by atoms with Crippen LogP contribution in [-0.4, -0.2) is 53.3 Å². The lowest BCUT2D eigenvalue weighted by atomic mass is 9.94. The van der Waals surface area contributed by atoms with Gasteiger partial charge in [0.2, 0.25) is 0 Å². The van der Waals surface area contributed by atoms with Crippen molar-refractivity contribution in [3.63, 3.8) is 0 Å². The number of likely N-dealkylation sites (tertiary alicyclic amines) is 1. The van der Waals surface area contributed by atoms with E-state index in [-0.39, 0.29) is 12.0 Å². The van der Waals surface area contributed by atoms with E-state index in [1.54, 1.807) is 0 Å². The Hall–Kier alpha value is -2.14. The number of halogens is 1. The molecular weight excluding hydrogens is 394 g/mol. The second-order valence-electron chi connectivity index (χ2n) is 8.64. The summed E-state index contributed by atoms with van der Waals surface area (Å²) in [6.07, 6.45) is 4.75. The highest BCUT2D eigenvalue weighted by Gasteiger charge is 2.36. The molecule has 5 heteroatoms. The van der Waals surface area contributed by atoms with Gasteiger partial charge in [0.05, 0.1) is 22.3 Å². The van der Waals surface area contributed by atoms with Gasteiger partial charge < -0.3 is 10.0 Å². The molecule has 0 aliphatic carbocycles. The van der Waals surface area contributed by atoms with Crippen LogP contribution in [-0.2, 0) is 6.42 Å². The number of aromatic nitrogens is 1. The molecule has 0 spiro atoms. The van der Waals surface area contributed by atoms with Crippen LogP contribution in [0.15, 0.2) is 60.8 Å². The maximum atomic E-state index is 10.8. The van der Waals surface area contributed by atoms with Crippen molar-refractivity contribution in [3.8, 4) is 0 Å². The van der Waals surface area contributed by atoms with Gasteiger partial charge in [-0.2, -0.15) is 0 Å². The number of piperidine rings is 1. The largest absolute Gasteiger partial charge is 0.391 e. The first-order valence-corrected chi connectivity index (χ1v) is 11.3. The molecule has 1 N–H and O–H groups in total. The molecule has 2 aliphatic rings. The average molecular weight is 422 g/mol. The van der Waals surface area contributed by atoms with E-state index in [1.165, 1.54) is 10.9 Å². The monoisotopic (exact) mass is 421 g/mol. The number of fused-ring (bicyclic) bond motifs is 1. The predicted octanol–water partition coefficient (Wildman–Crippen LogP) is 4.39. The van der Waals surface area contributed by atoms with E-state index in [0.29, 0.717) is 6.04 Å². The number of rotatable bonds is 4. The van der Waals surface area contributed by atoms with E-state index in [9.17, 15) is 5.11 Å². The highest BCUT2D eigenvalue weighted by atomic mass is 35.5. The maximum absolute atomic E-state index is 10.8. The Morgan fingerprint density at radius 1 is 0.967 bits per heavy atom. The fourth-order valence-corrected chi connectivity index (χ4v) is 5.44. The van der Waals surface area contributed by atoms with E-state index in [0.717, 1.165) is 61.7 Å². The molecule has 3 aromatic rings. The lowest BCUT2D eigenvalue weighted by molar-refractivity contribution is 0.132. The Morgan fingerprint density at radius 2 is 1.73 bits per heavy atom. The SMILES string of the molecule is O[C@@H]1CN(C2CCN(c3ccccc3Cl)CC2)C[C@H]1Cc1ccnc2ccccc12. The van der Waals surface area contributed by atoms with Crippen LogP contribution in [0.3, 0.4) is 0 Å². The van der Waals surface area contributed by atoms with Gasteiger partial charge in [-0.25, -0.2) is 0 Å². The van der Waals surface area contributed by atoms with Gasteiger partial charge in [-0.3, -0.25) is 9.88 Å². The van der Waals surface area contributed by atoms with Crippen molar-refractivity contribution in [2.45, 2.75) is 31.4 Å². The third-order valence-corrected chi connectivity index (χ3v) is 7.15. The number of hydrogen-bond donors (Lipinski definition) is 1. The molecule has 2 fully saturated rings. The molecule has 3 heterocycles. The van der Waals surface area contributed by atoms with Gasteiger partial charge in [0.1, 0.15) is 0 Å². The number of aliphatic hydroxyl groups is 1. The highest BCUT2D eigenvalue weighted by molar-refractivity contribution is 6.33. The fourth-order valence-electron chi connectivity index (χ4n) is 5.18. The number of benzene rings is 2. The van der Waals surface area contributed by atoms with Crippen molar-refractivity contribution in [3.05, 3.63) is 71.4 Å². The number of para-hydroxylation sites is 2. The van der Waals surface area contributed by atoms with Gasteiger partial charge in [-0.15, -0.1) is 0 Å². The Kier molecular flexibility index (Phi) is 5.64. The summed E-state index contributed by atoms with van der Waals surface area (Å²) in [7, 11) is 0. The number of aliphatic hydroxyl groups excluding tert-OH is 1. The molecule has 0 bridgehead atoms. The van der Waals surface area contributed by atoms with Crippen molar-refractivity contribution in [1.82, 2.24) is 9.88 Å². The number of β-amino-alcohol motifs (C(OH)–C–C–N with tert-alkyl or cyclic N) is 1. The Morgan fingerprint density at radius 3 is 2.57 bits per heavy atom. The van der Waals surface area contributed by atoms with Crippen molar-refractivity contribution < 1.29 is 5.11 Å². The first-order chi connectivity index (χ1) is 14.7. The first-order valence-electron chi connectivity index (χ1n) is 10.9. The van der Waals surface area contributed by atoms with Crippen LogP contribution in [0.5, 0.6) is 0 Å². The van der Waals surface area contributed by atoms with E-state index >= 15 is 0 Å². The van der Waals surface area contributed by atoms with Gasteiger partial charge in [-0.1, -0.05) is 41.9 Å². The van der Waals surface area contributed by atoms with E-state index in [2.05, 4.69) is 51.2 Å². The second kappa shape index (κ2) is 8.54. The van der Waals surface area contributed by atoms with Crippen molar-refractivity contribution in [2.75, 3.05) is 31.1 Å². The van der Waals surface area contributed by atoms with E-state index in [4.69, 9.17) is 11.6 Å². The minimum atomic E-state index is -0.265. The smallest absolute Gasteiger partial charge is 0.0710 e. The third kappa shape index (κ3) is 3.92. The van der Waals surface area contributed by atoms with Crippen LogP contribution >= 0.6 is 11.6 Å². The molecule has 1 aromatic heterocycles. The normalized spacial score (nSPS) is 23.3. The minimum absolute atomic E-state index is 0.265. The van der Waals surface area contributed by atoms with Crippen molar-refractivity contribution in [1.29, 1.82) is 0 Å². The lowest BCUT2D eigenvalue weighted by Crippen LogP contribution is -2.44. The van der Waals surface area contributed by atoms with Crippen LogP contribution < -0.4 is 4.90 Å². The van der Waals surface area contributed by atoms with Gasteiger partial charge in [0.25, 0.3) is 0 Å². The second-order valence-corrected chi connectivity index (χ2v) is 9.05. The van der Waals surface area contributed by atoms with Gasteiger partial charge >= 0.3 is 0 Å². The quantitative estimate of drug-likeness (QED) is 0.678. The summed E-state index contributed by atoms with van der Waals surface area (Å²) >= 11 is 6.39. The van der Waals surface area contributed by atoms with E-state index in [1.807, 2.05) is 24.4 Å². The minimum Gasteiger partial charge on any atom is -0.391 e. The number of anilines is 1. The van der Waals surface area contributed by atoms with Crippen LogP contribution in [0, 0.1) is 5.92 Å². The zero-order chi connectivity index (χ0) is 20.5. The molecule has 30 heavy (non-hydrogen) atoms. The zero-order valence-corrected chi connectivity index (χ0v) is 17.9. The standard InChI is InChI=1S/C25H28ClN3O/c26-22-6-2-4-8-24(22)28-13-10-20(11-14-28)29-16-19(25(30)17-29)15-18-9-12-27-23-7-3-1-5-21(18)23/h1-9,12,19-20,25,30H,10-11,13-17H2/t19-,25-/m1/s1. The van der Waals surface area contributed by atoms with Gasteiger partial charge in [0.15, 0.2) is 0 Å². The van der Waals surface area contributed by atoms with Crippen LogP contribution in [0.4, 0.5) is 5.69 Å². The Bertz CT molecular complexity index is 1010. The van der Waals surface area contributed by atoms with Gasteiger partial charge in [0, 0.05) is 49.7 Å².